The fourth-order valence-electron chi connectivity index (χ4n) is 2.93. The molecule has 1 aliphatic rings. The molecule has 28 heavy (non-hydrogen) atoms. The second-order valence-corrected chi connectivity index (χ2v) is 6.26. The predicted molar refractivity (Wildman–Crippen MR) is 92.1 cm³/mol. The minimum atomic E-state index is -4.40. The lowest BCUT2D eigenvalue weighted by Crippen LogP contribution is -2.39. The Hall–Kier alpha value is -3.24. The number of piperidine rings is 1. The normalized spacial score (nSPS) is 15.6. The largest absolute Gasteiger partial charge is 0.474 e. The third-order valence-corrected chi connectivity index (χ3v) is 4.38. The van der Waals surface area contributed by atoms with Crippen molar-refractivity contribution in [1.82, 2.24) is 29.7 Å². The van der Waals surface area contributed by atoms with E-state index in [1.54, 1.807) is 18.7 Å². The molecule has 0 aliphatic carbocycles. The number of halogens is 3. The smallest absolute Gasteiger partial charge is 0.417 e. The number of alkyl halides is 3. The molecule has 11 heteroatoms. The maximum Gasteiger partial charge on any atom is 0.417 e. The summed E-state index contributed by atoms with van der Waals surface area (Å²) >= 11 is 0. The summed E-state index contributed by atoms with van der Waals surface area (Å²) in [5, 5.41) is 4.04. The summed E-state index contributed by atoms with van der Waals surface area (Å²) in [6.45, 7) is 1.36. The van der Waals surface area contributed by atoms with Gasteiger partial charge in [0.2, 0.25) is 5.88 Å². The maximum absolute atomic E-state index is 12.6. The van der Waals surface area contributed by atoms with Gasteiger partial charge in [-0.1, -0.05) is 0 Å². The fraction of sp³-hybridized carbons (Fsp3) is 0.353. The molecule has 3 aromatic rings. The van der Waals surface area contributed by atoms with E-state index >= 15 is 0 Å². The van der Waals surface area contributed by atoms with Crippen LogP contribution in [0.25, 0.3) is 5.82 Å². The van der Waals surface area contributed by atoms with Gasteiger partial charge in [-0.25, -0.2) is 19.6 Å². The molecule has 0 spiro atoms. The van der Waals surface area contributed by atoms with Gasteiger partial charge in [0.05, 0.1) is 18.0 Å². The van der Waals surface area contributed by atoms with Gasteiger partial charge in [0, 0.05) is 38.2 Å². The second-order valence-electron chi connectivity index (χ2n) is 6.26. The third-order valence-electron chi connectivity index (χ3n) is 4.38. The minimum Gasteiger partial charge on any atom is -0.474 e. The number of aromatic nitrogens is 6. The molecular formula is C17H16F3N7O. The highest BCUT2D eigenvalue weighted by Gasteiger charge is 2.31. The van der Waals surface area contributed by atoms with Gasteiger partial charge >= 0.3 is 6.18 Å². The van der Waals surface area contributed by atoms with Gasteiger partial charge < -0.3 is 9.64 Å². The summed E-state index contributed by atoms with van der Waals surface area (Å²) in [5.74, 6) is 1.49. The Labute approximate surface area is 158 Å². The van der Waals surface area contributed by atoms with Crippen LogP contribution >= 0.6 is 0 Å². The lowest BCUT2D eigenvalue weighted by molar-refractivity contribution is -0.137. The summed E-state index contributed by atoms with van der Waals surface area (Å²) in [6.07, 6.45) is 3.90. The molecule has 0 saturated carbocycles. The highest BCUT2D eigenvalue weighted by molar-refractivity contribution is 5.39. The predicted octanol–water partition coefficient (Wildman–Crippen LogP) is 2.52. The molecule has 0 unspecified atom stereocenters. The summed E-state index contributed by atoms with van der Waals surface area (Å²) in [4.78, 5) is 18.5. The first kappa shape index (κ1) is 18.1. The van der Waals surface area contributed by atoms with E-state index in [-0.39, 0.29) is 12.0 Å². The molecule has 3 aromatic heterocycles. The number of hydrogen-bond acceptors (Lipinski definition) is 7. The topological polar surface area (TPSA) is 81.9 Å². The Balaban J connectivity index is 1.35. The molecule has 0 aromatic carbocycles. The van der Waals surface area contributed by atoms with E-state index in [9.17, 15) is 13.2 Å². The molecule has 0 radical (unpaired) electrons. The third kappa shape index (κ3) is 4.02. The van der Waals surface area contributed by atoms with Gasteiger partial charge in [0.15, 0.2) is 5.82 Å². The summed E-state index contributed by atoms with van der Waals surface area (Å²) < 4.78 is 45.0. The van der Waals surface area contributed by atoms with Crippen LogP contribution in [0.4, 0.5) is 19.0 Å². The van der Waals surface area contributed by atoms with Crippen molar-refractivity contribution in [1.29, 1.82) is 0 Å². The van der Waals surface area contributed by atoms with Crippen LogP contribution in [-0.2, 0) is 6.18 Å². The molecule has 1 aliphatic heterocycles. The number of rotatable bonds is 4. The minimum absolute atomic E-state index is 0.119. The van der Waals surface area contributed by atoms with Crippen LogP contribution in [0.5, 0.6) is 5.88 Å². The first-order valence-electron chi connectivity index (χ1n) is 8.61. The molecule has 1 fully saturated rings. The van der Waals surface area contributed by atoms with Crippen LogP contribution < -0.4 is 9.64 Å². The van der Waals surface area contributed by atoms with Gasteiger partial charge in [-0.05, 0) is 6.07 Å². The molecule has 4 rings (SSSR count). The monoisotopic (exact) mass is 391 g/mol. The Morgan fingerprint density at radius 2 is 1.79 bits per heavy atom. The van der Waals surface area contributed by atoms with Crippen LogP contribution in [0, 0.1) is 0 Å². The van der Waals surface area contributed by atoms with E-state index in [1.807, 2.05) is 0 Å². The molecule has 0 bridgehead atoms. The first-order chi connectivity index (χ1) is 13.5. The van der Waals surface area contributed by atoms with Gasteiger partial charge in [0.1, 0.15) is 24.6 Å². The summed E-state index contributed by atoms with van der Waals surface area (Å²) in [5.41, 5.74) is -0.791. The van der Waals surface area contributed by atoms with Crippen LogP contribution in [0.3, 0.4) is 0 Å². The molecule has 1 saturated heterocycles. The number of anilines is 1. The van der Waals surface area contributed by atoms with Crippen molar-refractivity contribution in [2.75, 3.05) is 18.0 Å². The van der Waals surface area contributed by atoms with Crippen molar-refractivity contribution in [3.05, 3.63) is 48.9 Å². The van der Waals surface area contributed by atoms with E-state index in [4.69, 9.17) is 4.74 Å². The lowest BCUT2D eigenvalue weighted by Gasteiger charge is -2.32. The van der Waals surface area contributed by atoms with Crippen molar-refractivity contribution >= 4 is 5.82 Å². The highest BCUT2D eigenvalue weighted by atomic mass is 19.4. The van der Waals surface area contributed by atoms with E-state index in [0.29, 0.717) is 31.7 Å². The van der Waals surface area contributed by atoms with Crippen LogP contribution in [0.2, 0.25) is 0 Å². The van der Waals surface area contributed by atoms with E-state index in [2.05, 4.69) is 29.9 Å². The lowest BCUT2D eigenvalue weighted by atomic mass is 10.1. The van der Waals surface area contributed by atoms with Crippen molar-refractivity contribution in [3.8, 4) is 11.7 Å². The highest BCUT2D eigenvalue weighted by Crippen LogP contribution is 2.29. The van der Waals surface area contributed by atoms with Crippen molar-refractivity contribution in [2.24, 2.45) is 0 Å². The average Bonchev–Trinajstić information content (AvgIpc) is 3.23. The Morgan fingerprint density at radius 3 is 2.43 bits per heavy atom. The Kier molecular flexibility index (Phi) is 4.80. The Bertz CT molecular complexity index is 907. The molecular weight excluding hydrogens is 375 g/mol. The molecule has 0 N–H and O–H groups in total. The van der Waals surface area contributed by atoms with Gasteiger partial charge in [-0.3, -0.25) is 4.98 Å². The SMILES string of the molecule is FC(F)(F)c1ccc(OC2CCN(c3cncc(-n4cncn4)n3)CC2)nc1. The second kappa shape index (κ2) is 7.41. The van der Waals surface area contributed by atoms with Crippen molar-refractivity contribution in [3.63, 3.8) is 0 Å². The quantitative estimate of drug-likeness (QED) is 0.676. The summed E-state index contributed by atoms with van der Waals surface area (Å²) in [7, 11) is 0. The number of ether oxygens (including phenoxy) is 1. The number of nitrogens with zero attached hydrogens (tertiary/aromatic N) is 7. The van der Waals surface area contributed by atoms with Crippen LogP contribution in [0.15, 0.2) is 43.4 Å². The van der Waals surface area contributed by atoms with Gasteiger partial charge in [-0.2, -0.15) is 18.3 Å². The number of pyridine rings is 1. The molecule has 146 valence electrons. The van der Waals surface area contributed by atoms with E-state index < -0.39 is 11.7 Å². The average molecular weight is 391 g/mol. The molecule has 0 atom stereocenters. The zero-order valence-corrected chi connectivity index (χ0v) is 14.6. The standard InChI is InChI=1S/C17H16F3N7O/c18-17(19,20)12-1-2-16(23-7-12)28-13-3-5-26(6-4-13)14-8-21-9-15(25-14)27-11-22-10-24-27/h1-2,7-11,13H,3-6H2. The fourth-order valence-corrected chi connectivity index (χ4v) is 2.93. The zero-order valence-electron chi connectivity index (χ0n) is 14.6. The van der Waals surface area contributed by atoms with Crippen LogP contribution in [-0.4, -0.2) is 48.9 Å². The number of hydrogen-bond donors (Lipinski definition) is 0. The first-order valence-corrected chi connectivity index (χ1v) is 8.61. The van der Waals surface area contributed by atoms with Crippen molar-refractivity contribution in [2.45, 2.75) is 25.1 Å². The molecule has 4 heterocycles. The van der Waals surface area contributed by atoms with E-state index in [1.165, 1.54) is 17.1 Å². The molecule has 8 nitrogen and oxygen atoms in total. The van der Waals surface area contributed by atoms with Crippen molar-refractivity contribution < 1.29 is 17.9 Å². The van der Waals surface area contributed by atoms with Gasteiger partial charge in [-0.15, -0.1) is 0 Å². The zero-order chi connectivity index (χ0) is 19.6. The Morgan fingerprint density at radius 1 is 1.00 bits per heavy atom. The summed E-state index contributed by atoms with van der Waals surface area (Å²) in [6, 6.07) is 2.23. The van der Waals surface area contributed by atoms with Crippen LogP contribution in [0.1, 0.15) is 18.4 Å². The maximum atomic E-state index is 12.6. The molecule has 0 amide bonds. The van der Waals surface area contributed by atoms with E-state index in [0.717, 1.165) is 18.1 Å². The van der Waals surface area contributed by atoms with Gasteiger partial charge in [0.25, 0.3) is 0 Å².